The van der Waals surface area contributed by atoms with Gasteiger partial charge in [0, 0.05) is 18.7 Å². The van der Waals surface area contributed by atoms with E-state index < -0.39 is 23.1 Å². The molecule has 1 amide bonds. The van der Waals surface area contributed by atoms with Gasteiger partial charge < -0.3 is 10.2 Å². The van der Waals surface area contributed by atoms with Gasteiger partial charge in [0.2, 0.25) is 10.1 Å². The number of carbonyl (C=O) groups excluding carboxylic acids is 1. The zero-order valence-electron chi connectivity index (χ0n) is 16.5. The number of carbonyl (C=O) groups is 1. The highest BCUT2D eigenvalue weighted by molar-refractivity contribution is 7.20. The summed E-state index contributed by atoms with van der Waals surface area (Å²) in [6.07, 6.45) is 3.41. The van der Waals surface area contributed by atoms with Crippen molar-refractivity contribution >= 4 is 33.2 Å². The Balaban J connectivity index is 1.59. The van der Waals surface area contributed by atoms with Crippen molar-refractivity contribution in [2.24, 2.45) is 0 Å². The third kappa shape index (κ3) is 3.65. The summed E-state index contributed by atoms with van der Waals surface area (Å²) in [5, 5.41) is 8.14. The third-order valence-corrected chi connectivity index (χ3v) is 6.26. The van der Waals surface area contributed by atoms with Crippen molar-refractivity contribution in [1.82, 2.24) is 14.6 Å². The molecule has 9 heteroatoms. The maximum Gasteiger partial charge on any atom is 0.262 e. The van der Waals surface area contributed by atoms with Crippen molar-refractivity contribution in [3.8, 4) is 11.3 Å². The van der Waals surface area contributed by atoms with Gasteiger partial charge >= 0.3 is 0 Å². The first-order valence-electron chi connectivity index (χ1n) is 10.1. The molecule has 2 aromatic carbocycles. The zero-order chi connectivity index (χ0) is 21.4. The van der Waals surface area contributed by atoms with Crippen LogP contribution in [0, 0.1) is 11.6 Å². The first kappa shape index (κ1) is 19.6. The van der Waals surface area contributed by atoms with Crippen LogP contribution in [0.5, 0.6) is 0 Å². The molecule has 6 nitrogen and oxygen atoms in total. The quantitative estimate of drug-likeness (QED) is 0.487. The van der Waals surface area contributed by atoms with Crippen molar-refractivity contribution in [1.29, 1.82) is 0 Å². The number of aromatic nitrogens is 3. The summed E-state index contributed by atoms with van der Waals surface area (Å²) in [5.41, 5.74) is 0.626. The molecular weight excluding hydrogens is 420 g/mol. The molecule has 0 atom stereocenters. The lowest BCUT2D eigenvalue weighted by molar-refractivity contribution is 0.101. The average Bonchev–Trinajstić information content (AvgIpc) is 3.34. The molecule has 2 aromatic heterocycles. The number of rotatable bonds is 4. The first-order chi connectivity index (χ1) is 15.1. The van der Waals surface area contributed by atoms with Gasteiger partial charge in [-0.2, -0.15) is 4.52 Å². The minimum atomic E-state index is -0.924. The van der Waals surface area contributed by atoms with Crippen LogP contribution >= 0.6 is 11.3 Å². The Morgan fingerprint density at radius 1 is 0.968 bits per heavy atom. The minimum Gasteiger partial charge on any atom is -0.347 e. The lowest BCUT2D eigenvalue weighted by Crippen LogP contribution is -2.29. The van der Waals surface area contributed by atoms with E-state index in [0.29, 0.717) is 10.7 Å². The highest BCUT2D eigenvalue weighted by Crippen LogP contribution is 2.34. The van der Waals surface area contributed by atoms with Crippen LogP contribution in [0.4, 0.5) is 19.7 Å². The molecule has 0 radical (unpaired) electrons. The Hall–Kier alpha value is -3.33. The van der Waals surface area contributed by atoms with Crippen molar-refractivity contribution < 1.29 is 13.6 Å². The average molecular weight is 439 g/mol. The molecule has 3 heterocycles. The molecule has 158 valence electrons. The number of imidazole rings is 1. The fourth-order valence-electron chi connectivity index (χ4n) is 3.75. The van der Waals surface area contributed by atoms with E-state index >= 15 is 0 Å². The summed E-state index contributed by atoms with van der Waals surface area (Å²) in [4.78, 5) is 20.3. The predicted octanol–water partition coefficient (Wildman–Crippen LogP) is 4.98. The number of hydrogen-bond acceptors (Lipinski definition) is 5. The van der Waals surface area contributed by atoms with Crippen LogP contribution in [0.3, 0.4) is 0 Å². The Kier molecular flexibility index (Phi) is 5.11. The van der Waals surface area contributed by atoms with Crippen LogP contribution < -0.4 is 10.2 Å². The molecular formula is C22H19F2N5OS. The number of amides is 1. The summed E-state index contributed by atoms with van der Waals surface area (Å²) in [6.45, 7) is 1.84. The van der Waals surface area contributed by atoms with Crippen LogP contribution in [0.2, 0.25) is 0 Å². The third-order valence-electron chi connectivity index (χ3n) is 5.29. The van der Waals surface area contributed by atoms with Crippen molar-refractivity contribution in [2.45, 2.75) is 19.3 Å². The zero-order valence-corrected chi connectivity index (χ0v) is 17.3. The molecule has 31 heavy (non-hydrogen) atoms. The molecule has 1 aliphatic rings. The Labute approximate surface area is 181 Å². The lowest BCUT2D eigenvalue weighted by atomic mass is 10.1. The fourth-order valence-corrected chi connectivity index (χ4v) is 4.70. The Morgan fingerprint density at radius 2 is 1.68 bits per heavy atom. The summed E-state index contributed by atoms with van der Waals surface area (Å²) in [6, 6.07) is 12.6. The molecule has 0 aliphatic carbocycles. The number of fused-ring (bicyclic) bond motifs is 1. The molecule has 0 bridgehead atoms. The molecule has 1 fully saturated rings. The minimum absolute atomic E-state index is 0.286. The second-order valence-electron chi connectivity index (χ2n) is 7.35. The van der Waals surface area contributed by atoms with E-state index in [2.05, 4.69) is 20.3 Å². The number of nitrogens with zero attached hydrogens (tertiary/aromatic N) is 4. The van der Waals surface area contributed by atoms with Crippen LogP contribution in [-0.2, 0) is 0 Å². The normalized spacial score (nSPS) is 14.2. The number of benzene rings is 2. The first-order valence-corrected chi connectivity index (χ1v) is 10.9. The van der Waals surface area contributed by atoms with E-state index in [4.69, 9.17) is 0 Å². The van der Waals surface area contributed by atoms with Crippen molar-refractivity contribution in [3.63, 3.8) is 0 Å². The molecule has 1 N–H and O–H groups in total. The number of halogens is 2. The van der Waals surface area contributed by atoms with E-state index in [1.807, 2.05) is 30.3 Å². The molecule has 1 aliphatic heterocycles. The molecule has 0 saturated carbocycles. The van der Waals surface area contributed by atoms with Gasteiger partial charge in [-0.3, -0.25) is 4.79 Å². The summed E-state index contributed by atoms with van der Waals surface area (Å²) >= 11 is 1.43. The van der Waals surface area contributed by atoms with E-state index in [1.165, 1.54) is 23.8 Å². The van der Waals surface area contributed by atoms with Gasteiger partial charge in [0.05, 0.1) is 0 Å². The smallest absolute Gasteiger partial charge is 0.262 e. The van der Waals surface area contributed by atoms with Gasteiger partial charge in [-0.1, -0.05) is 47.7 Å². The second-order valence-corrected chi connectivity index (χ2v) is 8.29. The fraction of sp³-hybridized carbons (Fsp3) is 0.227. The van der Waals surface area contributed by atoms with Gasteiger partial charge in [0.1, 0.15) is 22.9 Å². The second kappa shape index (κ2) is 8.07. The van der Waals surface area contributed by atoms with Crippen molar-refractivity contribution in [3.05, 3.63) is 65.7 Å². The van der Waals surface area contributed by atoms with E-state index in [1.54, 1.807) is 4.52 Å². The van der Waals surface area contributed by atoms with Gasteiger partial charge in [0.25, 0.3) is 5.91 Å². The molecule has 0 unspecified atom stereocenters. The summed E-state index contributed by atoms with van der Waals surface area (Å²) in [5.74, 6) is -2.45. The van der Waals surface area contributed by atoms with Crippen LogP contribution in [0.25, 0.3) is 16.2 Å². The maximum absolute atomic E-state index is 14.2. The van der Waals surface area contributed by atoms with Gasteiger partial charge in [-0.15, -0.1) is 5.10 Å². The number of piperidine rings is 1. The Morgan fingerprint density at radius 3 is 2.39 bits per heavy atom. The Bertz CT molecular complexity index is 1230. The highest BCUT2D eigenvalue weighted by atomic mass is 32.1. The standard InChI is InChI=1S/C22H19F2N5OS/c23-15-10-7-11-16(24)17(15)20(30)26-19-18(14-8-3-1-4-9-14)25-21-29(19)27-22(31-21)28-12-5-2-6-13-28/h1,3-4,7-11H,2,5-6,12-13H2,(H,26,30). The molecule has 0 spiro atoms. The van der Waals surface area contributed by atoms with Gasteiger partial charge in [0.15, 0.2) is 5.82 Å². The molecule has 4 aromatic rings. The van der Waals surface area contributed by atoms with Crippen LogP contribution in [0.15, 0.2) is 48.5 Å². The van der Waals surface area contributed by atoms with Gasteiger partial charge in [-0.05, 0) is 31.4 Å². The largest absolute Gasteiger partial charge is 0.347 e. The monoisotopic (exact) mass is 439 g/mol. The highest BCUT2D eigenvalue weighted by Gasteiger charge is 2.25. The lowest BCUT2D eigenvalue weighted by Gasteiger charge is -2.25. The van der Waals surface area contributed by atoms with E-state index in [-0.39, 0.29) is 5.82 Å². The number of anilines is 2. The van der Waals surface area contributed by atoms with Crippen molar-refractivity contribution in [2.75, 3.05) is 23.3 Å². The molecule has 1 saturated heterocycles. The predicted molar refractivity (Wildman–Crippen MR) is 117 cm³/mol. The van der Waals surface area contributed by atoms with E-state index in [0.717, 1.165) is 48.8 Å². The van der Waals surface area contributed by atoms with Crippen LogP contribution in [-0.4, -0.2) is 33.6 Å². The van der Waals surface area contributed by atoms with Gasteiger partial charge in [-0.25, -0.2) is 13.8 Å². The molecule has 5 rings (SSSR count). The number of nitrogens with one attached hydrogen (secondary N) is 1. The number of hydrogen-bond donors (Lipinski definition) is 1. The SMILES string of the molecule is O=C(Nc1c(-c2ccccc2)nc2sc(N3CCCCC3)nn12)c1c(F)cccc1F. The maximum atomic E-state index is 14.2. The van der Waals surface area contributed by atoms with E-state index in [9.17, 15) is 13.6 Å². The summed E-state index contributed by atoms with van der Waals surface area (Å²) in [7, 11) is 0. The topological polar surface area (TPSA) is 62.5 Å². The van der Waals surface area contributed by atoms with Crippen LogP contribution in [0.1, 0.15) is 29.6 Å². The summed E-state index contributed by atoms with van der Waals surface area (Å²) < 4.78 is 29.9.